The molecule has 8 nitrogen and oxygen atoms in total. The molecule has 1 aliphatic heterocycles. The third-order valence-corrected chi connectivity index (χ3v) is 6.09. The number of hydrogen-bond acceptors (Lipinski definition) is 6. The van der Waals surface area contributed by atoms with Gasteiger partial charge in [-0.25, -0.2) is 4.98 Å². The second-order valence-electron chi connectivity index (χ2n) is 7.93. The Balaban J connectivity index is 1.44. The van der Waals surface area contributed by atoms with Crippen molar-refractivity contribution in [2.45, 2.75) is 18.9 Å². The van der Waals surface area contributed by atoms with Gasteiger partial charge in [-0.1, -0.05) is 23.7 Å². The molecule has 3 aromatic rings. The van der Waals surface area contributed by atoms with E-state index in [0.717, 1.165) is 37.3 Å². The minimum absolute atomic E-state index is 0.222. The van der Waals surface area contributed by atoms with E-state index in [1.165, 1.54) is 6.20 Å². The molecule has 4 rings (SSSR count). The fourth-order valence-corrected chi connectivity index (χ4v) is 4.18. The van der Waals surface area contributed by atoms with E-state index < -0.39 is 5.91 Å². The first-order valence-electron chi connectivity index (χ1n) is 10.7. The molecular formula is C24H25ClN6O2. The zero-order chi connectivity index (χ0) is 23.4. The van der Waals surface area contributed by atoms with Gasteiger partial charge in [-0.05, 0) is 49.2 Å². The number of primary amides is 1. The summed E-state index contributed by atoms with van der Waals surface area (Å²) in [5, 5.41) is 3.35. The van der Waals surface area contributed by atoms with Crippen LogP contribution in [-0.2, 0) is 0 Å². The highest BCUT2D eigenvalue weighted by atomic mass is 35.5. The maximum absolute atomic E-state index is 13.0. The smallest absolute Gasteiger partial charge is 0.267 e. The van der Waals surface area contributed by atoms with Crippen molar-refractivity contribution in [3.8, 4) is 0 Å². The van der Waals surface area contributed by atoms with Crippen LogP contribution >= 0.6 is 11.6 Å². The van der Waals surface area contributed by atoms with Gasteiger partial charge in [0.25, 0.3) is 11.8 Å². The molecule has 3 heterocycles. The van der Waals surface area contributed by atoms with Crippen molar-refractivity contribution in [3.63, 3.8) is 0 Å². The van der Waals surface area contributed by atoms with Gasteiger partial charge in [0, 0.05) is 49.9 Å². The molecule has 0 unspecified atom stereocenters. The molecule has 2 amide bonds. The van der Waals surface area contributed by atoms with Gasteiger partial charge in [0.15, 0.2) is 0 Å². The summed E-state index contributed by atoms with van der Waals surface area (Å²) in [6, 6.07) is 14.8. The second kappa shape index (κ2) is 9.87. The number of para-hydroxylation sites is 1. The Hall–Kier alpha value is -3.65. The topological polar surface area (TPSA) is 104 Å². The highest BCUT2D eigenvalue weighted by molar-refractivity contribution is 6.30. The molecule has 0 aliphatic carbocycles. The van der Waals surface area contributed by atoms with Crippen LogP contribution in [-0.4, -0.2) is 48.0 Å². The molecule has 170 valence electrons. The summed E-state index contributed by atoms with van der Waals surface area (Å²) in [5.74, 6) is -0.307. The van der Waals surface area contributed by atoms with Crippen LogP contribution in [0.15, 0.2) is 60.9 Å². The lowest BCUT2D eigenvalue weighted by molar-refractivity contribution is 0.0993. The zero-order valence-electron chi connectivity index (χ0n) is 18.2. The van der Waals surface area contributed by atoms with Crippen LogP contribution in [0.4, 0.5) is 17.2 Å². The summed E-state index contributed by atoms with van der Waals surface area (Å²) in [6.45, 7) is 1.64. The number of nitrogens with two attached hydrogens (primary N) is 1. The Morgan fingerprint density at radius 3 is 2.58 bits per heavy atom. The van der Waals surface area contributed by atoms with Gasteiger partial charge in [0.1, 0.15) is 11.5 Å². The summed E-state index contributed by atoms with van der Waals surface area (Å²) >= 11 is 5.88. The van der Waals surface area contributed by atoms with Crippen molar-refractivity contribution in [1.82, 2.24) is 9.97 Å². The van der Waals surface area contributed by atoms with Crippen LogP contribution in [0.1, 0.15) is 33.7 Å². The van der Waals surface area contributed by atoms with Crippen LogP contribution in [0.5, 0.6) is 0 Å². The number of aromatic nitrogens is 2. The van der Waals surface area contributed by atoms with Gasteiger partial charge in [0.2, 0.25) is 0 Å². The number of amides is 2. The molecule has 9 heteroatoms. The monoisotopic (exact) mass is 464 g/mol. The van der Waals surface area contributed by atoms with Crippen LogP contribution < -0.4 is 20.9 Å². The molecule has 2 aromatic heterocycles. The lowest BCUT2D eigenvalue weighted by Gasteiger charge is -2.39. The predicted molar refractivity (Wildman–Crippen MR) is 130 cm³/mol. The third-order valence-electron chi connectivity index (χ3n) is 5.87. The van der Waals surface area contributed by atoms with Crippen LogP contribution in [0.2, 0.25) is 5.02 Å². The van der Waals surface area contributed by atoms with Gasteiger partial charge in [-0.2, -0.15) is 0 Å². The third kappa shape index (κ3) is 5.23. The number of pyridine rings is 2. The predicted octanol–water partition coefficient (Wildman–Crippen LogP) is 3.59. The Bertz CT molecular complexity index is 1150. The maximum Gasteiger partial charge on any atom is 0.267 e. The molecule has 1 saturated heterocycles. The van der Waals surface area contributed by atoms with Gasteiger partial charge in [-0.15, -0.1) is 0 Å². The Morgan fingerprint density at radius 1 is 1.12 bits per heavy atom. The number of hydrogen-bond donors (Lipinski definition) is 2. The number of anilines is 3. The minimum atomic E-state index is -0.532. The molecule has 0 atom stereocenters. The van der Waals surface area contributed by atoms with E-state index in [-0.39, 0.29) is 17.6 Å². The quantitative estimate of drug-likeness (QED) is 0.577. The maximum atomic E-state index is 13.0. The fourth-order valence-electron chi connectivity index (χ4n) is 4.07. The number of nitrogens with one attached hydrogen (secondary N) is 1. The van der Waals surface area contributed by atoms with Gasteiger partial charge in [-0.3, -0.25) is 14.6 Å². The van der Waals surface area contributed by atoms with Crippen molar-refractivity contribution in [2.75, 3.05) is 35.3 Å². The van der Waals surface area contributed by atoms with Gasteiger partial charge < -0.3 is 20.9 Å². The van der Waals surface area contributed by atoms with E-state index >= 15 is 0 Å². The number of rotatable bonds is 6. The zero-order valence-corrected chi connectivity index (χ0v) is 19.0. The molecule has 0 radical (unpaired) electrons. The van der Waals surface area contributed by atoms with Crippen molar-refractivity contribution < 1.29 is 9.59 Å². The van der Waals surface area contributed by atoms with E-state index in [0.29, 0.717) is 16.4 Å². The first kappa shape index (κ1) is 22.5. The molecule has 1 aromatic carbocycles. The van der Waals surface area contributed by atoms with Gasteiger partial charge >= 0.3 is 0 Å². The Kier molecular flexibility index (Phi) is 6.74. The SMILES string of the molecule is CN(c1ccccc1C(=O)Nc1ccc(Cl)cn1)C1CCN(c2ccnc(C(N)=O)c2)CC1. The highest BCUT2D eigenvalue weighted by Gasteiger charge is 2.25. The van der Waals surface area contributed by atoms with Crippen molar-refractivity contribution in [2.24, 2.45) is 5.73 Å². The number of carbonyl (C=O) groups is 2. The Labute approximate surface area is 197 Å². The normalized spacial score (nSPS) is 14.1. The van der Waals surface area contributed by atoms with Gasteiger partial charge in [0.05, 0.1) is 10.6 Å². The first-order chi connectivity index (χ1) is 15.9. The summed E-state index contributed by atoms with van der Waals surface area (Å²) in [7, 11) is 2.02. The van der Waals surface area contributed by atoms with E-state index in [1.807, 2.05) is 37.4 Å². The average Bonchev–Trinajstić information content (AvgIpc) is 2.85. The molecule has 0 saturated carbocycles. The van der Waals surface area contributed by atoms with Crippen LogP contribution in [0.3, 0.4) is 0 Å². The standard InChI is InChI=1S/C24H25ClN6O2/c1-30(17-9-12-31(13-10-17)18-8-11-27-20(14-18)23(26)32)21-5-3-2-4-19(21)24(33)29-22-7-6-16(25)15-28-22/h2-8,11,14-15,17H,9-10,12-13H2,1H3,(H2,26,32)(H,28,29,33). The fraction of sp³-hybridized carbons (Fsp3) is 0.250. The average molecular weight is 465 g/mol. The number of piperidine rings is 1. The largest absolute Gasteiger partial charge is 0.371 e. The molecule has 33 heavy (non-hydrogen) atoms. The van der Waals surface area contributed by atoms with Crippen molar-refractivity contribution in [3.05, 3.63) is 77.2 Å². The summed E-state index contributed by atoms with van der Waals surface area (Å²) in [6.07, 6.45) is 4.91. The number of benzene rings is 1. The summed E-state index contributed by atoms with van der Waals surface area (Å²) < 4.78 is 0. The number of halogens is 1. The molecule has 1 fully saturated rings. The molecule has 3 N–H and O–H groups in total. The summed E-state index contributed by atoms with van der Waals surface area (Å²) in [5.41, 5.74) is 8.01. The van der Waals surface area contributed by atoms with E-state index in [9.17, 15) is 9.59 Å². The molecule has 0 bridgehead atoms. The number of nitrogens with zero attached hydrogens (tertiary/aromatic N) is 4. The van der Waals surface area contributed by atoms with E-state index in [2.05, 4.69) is 25.1 Å². The van der Waals surface area contributed by atoms with Crippen LogP contribution in [0, 0.1) is 0 Å². The lowest BCUT2D eigenvalue weighted by atomic mass is 10.0. The first-order valence-corrected chi connectivity index (χ1v) is 11.1. The van der Waals surface area contributed by atoms with Crippen molar-refractivity contribution in [1.29, 1.82) is 0 Å². The Morgan fingerprint density at radius 2 is 1.88 bits per heavy atom. The molecular weight excluding hydrogens is 440 g/mol. The summed E-state index contributed by atoms with van der Waals surface area (Å²) in [4.78, 5) is 37.0. The molecule has 1 aliphatic rings. The van der Waals surface area contributed by atoms with E-state index in [4.69, 9.17) is 17.3 Å². The lowest BCUT2D eigenvalue weighted by Crippen LogP contribution is -2.44. The minimum Gasteiger partial charge on any atom is -0.371 e. The highest BCUT2D eigenvalue weighted by Crippen LogP contribution is 2.28. The molecule has 0 spiro atoms. The van der Waals surface area contributed by atoms with Crippen molar-refractivity contribution >= 4 is 40.6 Å². The number of carbonyl (C=O) groups excluding carboxylic acids is 2. The second-order valence-corrected chi connectivity index (χ2v) is 8.36. The van der Waals surface area contributed by atoms with Crippen LogP contribution in [0.25, 0.3) is 0 Å². The van der Waals surface area contributed by atoms with E-state index in [1.54, 1.807) is 24.4 Å².